The minimum Gasteiger partial charge on any atom is -0.370 e. The number of aryl methyl sites for hydroxylation is 1. The highest BCUT2D eigenvalue weighted by Gasteiger charge is 2.52. The number of likely N-dealkylation sites (tertiary alicyclic amines) is 1. The maximum absolute atomic E-state index is 15.7. The number of fused-ring (bicyclic) bond motifs is 2. The Morgan fingerprint density at radius 1 is 1.07 bits per heavy atom. The Morgan fingerprint density at radius 3 is 2.59 bits per heavy atom. The number of carbonyl (C=O) groups is 3. The molecule has 10 nitrogen and oxygen atoms in total. The number of aromatic nitrogens is 3. The van der Waals surface area contributed by atoms with Crippen LogP contribution in [0, 0.1) is 11.2 Å². The first-order chi connectivity index (χ1) is 21.3. The molecule has 12 heteroatoms. The molecule has 0 aliphatic carbocycles. The fourth-order valence-electron chi connectivity index (χ4n) is 7.16. The molecule has 4 aromatic rings. The minimum atomic E-state index is -1.02. The van der Waals surface area contributed by atoms with Crippen LogP contribution in [-0.2, 0) is 29.1 Å². The summed E-state index contributed by atoms with van der Waals surface area (Å²) in [6.45, 7) is 5.83. The fraction of sp³-hybridized carbons (Fsp3) is 0.344. The molecule has 2 fully saturated rings. The lowest BCUT2D eigenvalue weighted by molar-refractivity contribution is -0.142. The van der Waals surface area contributed by atoms with E-state index >= 15 is 4.39 Å². The molecule has 0 bridgehead atoms. The first-order valence-corrected chi connectivity index (χ1v) is 15.7. The number of halogens is 1. The van der Waals surface area contributed by atoms with E-state index in [4.69, 9.17) is 0 Å². The molecular weight excluding hydrogens is 581 g/mol. The molecule has 2 saturated heterocycles. The number of rotatable bonds is 6. The van der Waals surface area contributed by atoms with Gasteiger partial charge in [0, 0.05) is 79.1 Å². The predicted molar refractivity (Wildman–Crippen MR) is 163 cm³/mol. The number of benzene rings is 2. The number of imidazole rings is 1. The SMILES string of the molecule is CC(=O)N1CC2(C1)CN(c1ccc(-c3cc(F)c4c(c3)C(=O)N(C(C(=O)Nc3nccs3)c3ncn5c3CCC5)C4)cc1)C2. The first-order valence-electron chi connectivity index (χ1n) is 14.8. The van der Waals surface area contributed by atoms with Crippen LogP contribution in [0.4, 0.5) is 15.2 Å². The second kappa shape index (κ2) is 9.98. The monoisotopic (exact) mass is 611 g/mol. The van der Waals surface area contributed by atoms with E-state index in [1.807, 2.05) is 33.7 Å². The second-order valence-corrected chi connectivity index (χ2v) is 13.2. The standard InChI is InChI=1S/C32H30FN7O3S/c1-19(41)38-14-32(15-38)16-39(17-32)22-6-4-20(5-7-22)21-11-23-24(25(33)12-21)13-40(30(23)43)28(29(42)36-31-34-8-10-44-31)27-26-3-2-9-37(26)18-35-27/h4-8,10-12,18,28H,2-3,9,13-17H2,1H3,(H,34,36,42). The van der Waals surface area contributed by atoms with Gasteiger partial charge in [0.25, 0.3) is 11.8 Å². The van der Waals surface area contributed by atoms with Crippen molar-refractivity contribution in [3.05, 3.63) is 82.6 Å². The number of nitrogens with zero attached hydrogens (tertiary/aromatic N) is 6. The highest BCUT2D eigenvalue weighted by Crippen LogP contribution is 2.43. The summed E-state index contributed by atoms with van der Waals surface area (Å²) in [5.74, 6) is -1.17. The summed E-state index contributed by atoms with van der Waals surface area (Å²) in [5.41, 5.74) is 4.67. The summed E-state index contributed by atoms with van der Waals surface area (Å²) in [6, 6.07) is 10.1. The normalized spacial score (nSPS) is 18.6. The molecule has 2 aromatic heterocycles. The molecule has 1 N–H and O–H groups in total. The van der Waals surface area contributed by atoms with Crippen molar-refractivity contribution >= 4 is 39.9 Å². The summed E-state index contributed by atoms with van der Waals surface area (Å²) in [6.07, 6.45) is 5.01. The average molecular weight is 612 g/mol. The van der Waals surface area contributed by atoms with E-state index in [1.54, 1.807) is 30.9 Å². The van der Waals surface area contributed by atoms with Crippen LogP contribution in [0.2, 0.25) is 0 Å². The highest BCUT2D eigenvalue weighted by atomic mass is 32.1. The molecule has 6 heterocycles. The topological polar surface area (TPSA) is 104 Å². The fourth-order valence-corrected chi connectivity index (χ4v) is 7.69. The van der Waals surface area contributed by atoms with Crippen molar-refractivity contribution in [2.75, 3.05) is 36.4 Å². The molecule has 224 valence electrons. The van der Waals surface area contributed by atoms with E-state index in [9.17, 15) is 14.4 Å². The summed E-state index contributed by atoms with van der Waals surface area (Å²) < 4.78 is 17.7. The minimum absolute atomic E-state index is 0.0285. The van der Waals surface area contributed by atoms with Crippen molar-refractivity contribution in [1.29, 1.82) is 0 Å². The van der Waals surface area contributed by atoms with Crippen LogP contribution in [0.1, 0.15) is 46.7 Å². The van der Waals surface area contributed by atoms with Gasteiger partial charge in [0.1, 0.15) is 5.82 Å². The van der Waals surface area contributed by atoms with Crippen molar-refractivity contribution < 1.29 is 18.8 Å². The number of anilines is 2. The molecule has 1 spiro atoms. The molecule has 4 aliphatic rings. The molecule has 1 unspecified atom stereocenters. The van der Waals surface area contributed by atoms with Crippen molar-refractivity contribution in [2.24, 2.45) is 5.41 Å². The number of hydrogen-bond donors (Lipinski definition) is 1. The summed E-state index contributed by atoms with van der Waals surface area (Å²) in [5, 5.41) is 5.02. The van der Waals surface area contributed by atoms with Gasteiger partial charge in [0.2, 0.25) is 5.91 Å². The Morgan fingerprint density at radius 2 is 1.86 bits per heavy atom. The van der Waals surface area contributed by atoms with Crippen LogP contribution in [0.25, 0.3) is 11.1 Å². The number of amides is 3. The van der Waals surface area contributed by atoms with Gasteiger partial charge in [0.05, 0.1) is 18.6 Å². The largest absolute Gasteiger partial charge is 0.370 e. The van der Waals surface area contributed by atoms with Gasteiger partial charge in [-0.3, -0.25) is 19.7 Å². The van der Waals surface area contributed by atoms with E-state index in [1.165, 1.54) is 22.3 Å². The Kier molecular flexibility index (Phi) is 6.12. The third kappa shape index (κ3) is 4.30. The molecule has 44 heavy (non-hydrogen) atoms. The quantitative estimate of drug-likeness (QED) is 0.352. The van der Waals surface area contributed by atoms with Crippen LogP contribution >= 0.6 is 11.3 Å². The Labute approximate surface area is 257 Å². The molecule has 8 rings (SSSR count). The molecule has 2 aromatic carbocycles. The maximum Gasteiger partial charge on any atom is 0.255 e. The van der Waals surface area contributed by atoms with Gasteiger partial charge in [-0.25, -0.2) is 14.4 Å². The van der Waals surface area contributed by atoms with Crippen LogP contribution in [-0.4, -0.2) is 68.2 Å². The number of hydrogen-bond acceptors (Lipinski definition) is 7. The average Bonchev–Trinajstić information content (AvgIpc) is 3.76. The molecule has 1 atom stereocenters. The lowest BCUT2D eigenvalue weighted by Crippen LogP contribution is -2.72. The van der Waals surface area contributed by atoms with E-state index in [0.29, 0.717) is 16.4 Å². The maximum atomic E-state index is 15.7. The predicted octanol–water partition coefficient (Wildman–Crippen LogP) is 4.10. The Bertz CT molecular complexity index is 1810. The van der Waals surface area contributed by atoms with Gasteiger partial charge in [-0.05, 0) is 48.2 Å². The summed E-state index contributed by atoms with van der Waals surface area (Å²) >= 11 is 1.29. The Hall–Kier alpha value is -4.58. The van der Waals surface area contributed by atoms with Crippen molar-refractivity contribution in [1.82, 2.24) is 24.3 Å². The first kappa shape index (κ1) is 27.0. The zero-order chi connectivity index (χ0) is 30.2. The van der Waals surface area contributed by atoms with Crippen molar-refractivity contribution in [3.63, 3.8) is 0 Å². The number of thiazole rings is 1. The number of nitrogens with one attached hydrogen (secondary N) is 1. The summed E-state index contributed by atoms with van der Waals surface area (Å²) in [4.78, 5) is 53.5. The molecular formula is C32H30FN7O3S. The van der Waals surface area contributed by atoms with Crippen LogP contribution in [0.5, 0.6) is 0 Å². The zero-order valence-corrected chi connectivity index (χ0v) is 24.9. The van der Waals surface area contributed by atoms with E-state index in [0.717, 1.165) is 62.5 Å². The van der Waals surface area contributed by atoms with Gasteiger partial charge in [-0.2, -0.15) is 0 Å². The van der Waals surface area contributed by atoms with Gasteiger partial charge in [-0.15, -0.1) is 11.3 Å². The van der Waals surface area contributed by atoms with E-state index < -0.39 is 23.7 Å². The lowest BCUT2D eigenvalue weighted by Gasteiger charge is -2.60. The van der Waals surface area contributed by atoms with Gasteiger partial charge < -0.3 is 19.3 Å². The van der Waals surface area contributed by atoms with Gasteiger partial charge >= 0.3 is 0 Å². The van der Waals surface area contributed by atoms with Gasteiger partial charge in [-0.1, -0.05) is 12.1 Å². The third-order valence-electron chi connectivity index (χ3n) is 9.40. The lowest BCUT2D eigenvalue weighted by atomic mass is 9.72. The highest BCUT2D eigenvalue weighted by molar-refractivity contribution is 7.13. The molecule has 4 aliphatic heterocycles. The summed E-state index contributed by atoms with van der Waals surface area (Å²) in [7, 11) is 0. The zero-order valence-electron chi connectivity index (χ0n) is 24.1. The molecule has 0 saturated carbocycles. The Balaban J connectivity index is 1.04. The smallest absolute Gasteiger partial charge is 0.255 e. The van der Waals surface area contributed by atoms with Gasteiger partial charge in [0.15, 0.2) is 11.2 Å². The second-order valence-electron chi connectivity index (χ2n) is 12.3. The van der Waals surface area contributed by atoms with Crippen LogP contribution < -0.4 is 10.2 Å². The van der Waals surface area contributed by atoms with Crippen LogP contribution in [0.15, 0.2) is 54.3 Å². The van der Waals surface area contributed by atoms with E-state index in [-0.39, 0.29) is 29.0 Å². The van der Waals surface area contributed by atoms with Crippen LogP contribution in [0.3, 0.4) is 0 Å². The molecule has 0 radical (unpaired) electrons. The van der Waals surface area contributed by atoms with Crippen molar-refractivity contribution in [3.8, 4) is 11.1 Å². The third-order valence-corrected chi connectivity index (χ3v) is 10.1. The van der Waals surface area contributed by atoms with E-state index in [2.05, 4.69) is 20.2 Å². The van der Waals surface area contributed by atoms with Crippen molar-refractivity contribution in [2.45, 2.75) is 38.9 Å². The molecule has 3 amide bonds. The number of carbonyl (C=O) groups excluding carboxylic acids is 3.